The molecular formula is C17H21ClN4O4S2. The third-order valence-electron chi connectivity index (χ3n) is 4.04. The van der Waals surface area contributed by atoms with E-state index < -0.39 is 15.9 Å². The average Bonchev–Trinajstić information content (AvgIpc) is 3.08. The summed E-state index contributed by atoms with van der Waals surface area (Å²) in [5.41, 5.74) is 0.917. The second-order valence-corrected chi connectivity index (χ2v) is 9.70. The fourth-order valence-electron chi connectivity index (χ4n) is 2.70. The van der Waals surface area contributed by atoms with Crippen LogP contribution in [0.15, 0.2) is 28.5 Å². The Bertz CT molecular complexity index is 956. The van der Waals surface area contributed by atoms with Crippen LogP contribution >= 0.6 is 22.9 Å². The first-order chi connectivity index (χ1) is 13.3. The summed E-state index contributed by atoms with van der Waals surface area (Å²) in [7, 11) is 0.136. The Balaban J connectivity index is 1.80. The highest BCUT2D eigenvalue weighted by molar-refractivity contribution is 7.89. The molecule has 3 rings (SSSR count). The van der Waals surface area contributed by atoms with E-state index in [1.54, 1.807) is 0 Å². The van der Waals surface area contributed by atoms with E-state index in [0.29, 0.717) is 24.9 Å². The number of halogens is 1. The van der Waals surface area contributed by atoms with Crippen molar-refractivity contribution in [2.45, 2.75) is 11.4 Å². The molecule has 0 saturated carbocycles. The maximum absolute atomic E-state index is 12.8. The number of nitrogens with one attached hydrogen (secondary N) is 1. The van der Waals surface area contributed by atoms with Crippen LogP contribution in [0.1, 0.15) is 16.1 Å². The van der Waals surface area contributed by atoms with Crippen LogP contribution in [-0.2, 0) is 21.3 Å². The number of anilines is 1. The van der Waals surface area contributed by atoms with Crippen LogP contribution < -0.4 is 5.32 Å². The van der Waals surface area contributed by atoms with Gasteiger partial charge in [-0.05, 0) is 32.3 Å². The Kier molecular flexibility index (Phi) is 6.69. The minimum absolute atomic E-state index is 0.0244. The first-order valence-corrected chi connectivity index (χ1v) is 11.2. The number of aromatic nitrogens is 1. The highest BCUT2D eigenvalue weighted by Crippen LogP contribution is 2.25. The van der Waals surface area contributed by atoms with Crippen molar-refractivity contribution in [3.8, 4) is 0 Å². The zero-order valence-electron chi connectivity index (χ0n) is 15.5. The van der Waals surface area contributed by atoms with Crippen molar-refractivity contribution in [2.75, 3.05) is 45.7 Å². The lowest BCUT2D eigenvalue weighted by molar-refractivity contribution is 0.0730. The van der Waals surface area contributed by atoms with E-state index in [2.05, 4.69) is 10.3 Å². The number of carbonyl (C=O) groups is 1. The van der Waals surface area contributed by atoms with Crippen molar-refractivity contribution in [1.29, 1.82) is 0 Å². The molecule has 0 spiro atoms. The molecule has 0 bridgehead atoms. The van der Waals surface area contributed by atoms with Gasteiger partial charge in [-0.3, -0.25) is 10.1 Å². The molecule has 2 aromatic rings. The highest BCUT2D eigenvalue weighted by atomic mass is 35.5. The van der Waals surface area contributed by atoms with E-state index in [4.69, 9.17) is 16.3 Å². The summed E-state index contributed by atoms with van der Waals surface area (Å²) < 4.78 is 32.2. The molecule has 1 saturated heterocycles. The van der Waals surface area contributed by atoms with Crippen LogP contribution in [-0.4, -0.2) is 68.9 Å². The summed E-state index contributed by atoms with van der Waals surface area (Å²) in [6.07, 6.45) is 0. The molecule has 11 heteroatoms. The molecule has 1 aromatic heterocycles. The predicted molar refractivity (Wildman–Crippen MR) is 108 cm³/mol. The fraction of sp³-hybridized carbons (Fsp3) is 0.412. The molecule has 1 fully saturated rings. The molecule has 8 nitrogen and oxygen atoms in total. The van der Waals surface area contributed by atoms with Gasteiger partial charge in [-0.2, -0.15) is 4.31 Å². The number of carbonyl (C=O) groups excluding carboxylic acids is 1. The van der Waals surface area contributed by atoms with Gasteiger partial charge in [-0.15, -0.1) is 11.3 Å². The Morgan fingerprint density at radius 1 is 1.36 bits per heavy atom. The molecule has 152 valence electrons. The molecule has 1 amide bonds. The number of thiazole rings is 1. The molecule has 2 heterocycles. The molecule has 28 heavy (non-hydrogen) atoms. The second kappa shape index (κ2) is 8.85. The molecule has 1 aliphatic rings. The summed E-state index contributed by atoms with van der Waals surface area (Å²) >= 11 is 7.45. The Hall–Kier alpha value is -1.56. The van der Waals surface area contributed by atoms with E-state index in [-0.39, 0.29) is 28.6 Å². The minimum atomic E-state index is -3.72. The SMILES string of the molecule is CN(C)Cc1csc(NC(=O)c2cc(S(=O)(=O)N3CCOCC3)ccc2Cl)n1. The van der Waals surface area contributed by atoms with Crippen molar-refractivity contribution in [1.82, 2.24) is 14.2 Å². The van der Waals surface area contributed by atoms with Gasteiger partial charge in [0.2, 0.25) is 10.0 Å². The Labute approximate surface area is 173 Å². The largest absolute Gasteiger partial charge is 0.379 e. The maximum Gasteiger partial charge on any atom is 0.259 e. The molecular weight excluding hydrogens is 424 g/mol. The third-order valence-corrected chi connectivity index (χ3v) is 7.07. The number of amides is 1. The van der Waals surface area contributed by atoms with E-state index in [9.17, 15) is 13.2 Å². The van der Waals surface area contributed by atoms with Crippen molar-refractivity contribution in [3.63, 3.8) is 0 Å². The number of rotatable bonds is 6. The zero-order valence-corrected chi connectivity index (χ0v) is 17.9. The molecule has 0 aliphatic carbocycles. The van der Waals surface area contributed by atoms with Gasteiger partial charge in [0.15, 0.2) is 5.13 Å². The van der Waals surface area contributed by atoms with Crippen molar-refractivity contribution < 1.29 is 17.9 Å². The number of morpholine rings is 1. The second-order valence-electron chi connectivity index (χ2n) is 6.49. The molecule has 1 N–H and O–H groups in total. The summed E-state index contributed by atoms with van der Waals surface area (Å²) in [6, 6.07) is 4.13. The number of hydrogen-bond acceptors (Lipinski definition) is 7. The number of sulfonamides is 1. The maximum atomic E-state index is 12.8. The average molecular weight is 445 g/mol. The molecule has 0 atom stereocenters. The summed E-state index contributed by atoms with van der Waals surface area (Å²) in [5.74, 6) is -0.505. The lowest BCUT2D eigenvalue weighted by Crippen LogP contribution is -2.40. The first-order valence-electron chi connectivity index (χ1n) is 8.55. The zero-order chi connectivity index (χ0) is 20.3. The van der Waals surface area contributed by atoms with Crippen LogP contribution in [0.2, 0.25) is 5.02 Å². The minimum Gasteiger partial charge on any atom is -0.379 e. The van der Waals surface area contributed by atoms with Crippen LogP contribution in [0.4, 0.5) is 5.13 Å². The van der Waals surface area contributed by atoms with Gasteiger partial charge >= 0.3 is 0 Å². The van der Waals surface area contributed by atoms with Crippen molar-refractivity contribution in [2.24, 2.45) is 0 Å². The predicted octanol–water partition coefficient (Wildman–Crippen LogP) is 2.13. The van der Waals surface area contributed by atoms with E-state index in [1.807, 2.05) is 24.4 Å². The van der Waals surface area contributed by atoms with Crippen molar-refractivity contribution in [3.05, 3.63) is 39.9 Å². The standard InChI is InChI=1S/C17H21ClN4O4S2/c1-21(2)10-12-11-27-17(19-12)20-16(23)14-9-13(3-4-15(14)18)28(24,25)22-5-7-26-8-6-22/h3-4,9,11H,5-8,10H2,1-2H3,(H,19,20,23). The molecule has 1 aromatic carbocycles. The topological polar surface area (TPSA) is 91.8 Å². The van der Waals surface area contributed by atoms with Crippen molar-refractivity contribution >= 4 is 44.0 Å². The summed E-state index contributed by atoms with van der Waals surface area (Å²) in [5, 5.41) is 5.15. The van der Waals surface area contributed by atoms with Gasteiger partial charge in [0.05, 0.1) is 34.4 Å². The van der Waals surface area contributed by atoms with Crippen LogP contribution in [0.5, 0.6) is 0 Å². The normalized spacial score (nSPS) is 15.7. The van der Waals surface area contributed by atoms with Gasteiger partial charge in [-0.1, -0.05) is 11.6 Å². The van der Waals surface area contributed by atoms with E-state index in [0.717, 1.165) is 5.69 Å². The third kappa shape index (κ3) is 4.88. The van der Waals surface area contributed by atoms with E-state index in [1.165, 1.54) is 33.8 Å². The first kappa shape index (κ1) is 21.2. The number of benzene rings is 1. The quantitative estimate of drug-likeness (QED) is 0.733. The molecule has 1 aliphatic heterocycles. The lowest BCUT2D eigenvalue weighted by atomic mass is 10.2. The van der Waals surface area contributed by atoms with E-state index >= 15 is 0 Å². The highest BCUT2D eigenvalue weighted by Gasteiger charge is 2.27. The van der Waals surface area contributed by atoms with Crippen LogP contribution in [0, 0.1) is 0 Å². The smallest absolute Gasteiger partial charge is 0.259 e. The van der Waals surface area contributed by atoms with Crippen LogP contribution in [0.3, 0.4) is 0 Å². The number of nitrogens with zero attached hydrogens (tertiary/aromatic N) is 3. The Morgan fingerprint density at radius 2 is 2.07 bits per heavy atom. The van der Waals surface area contributed by atoms with Gasteiger partial charge < -0.3 is 9.64 Å². The summed E-state index contributed by atoms with van der Waals surface area (Å²) in [6.45, 7) is 1.90. The number of hydrogen-bond donors (Lipinski definition) is 1. The van der Waals surface area contributed by atoms with Gasteiger partial charge in [0, 0.05) is 25.0 Å². The summed E-state index contributed by atoms with van der Waals surface area (Å²) in [4.78, 5) is 19.0. The van der Waals surface area contributed by atoms with Gasteiger partial charge in [-0.25, -0.2) is 13.4 Å². The molecule has 0 unspecified atom stereocenters. The van der Waals surface area contributed by atoms with Gasteiger partial charge in [0.25, 0.3) is 5.91 Å². The monoisotopic (exact) mass is 444 g/mol. The fourth-order valence-corrected chi connectivity index (χ4v) is 5.03. The lowest BCUT2D eigenvalue weighted by Gasteiger charge is -2.26. The molecule has 0 radical (unpaired) electrons. The van der Waals surface area contributed by atoms with Gasteiger partial charge in [0.1, 0.15) is 0 Å². The number of ether oxygens (including phenoxy) is 1. The Morgan fingerprint density at radius 3 is 2.75 bits per heavy atom. The van der Waals surface area contributed by atoms with Crippen LogP contribution in [0.25, 0.3) is 0 Å².